The highest BCUT2D eigenvalue weighted by Crippen LogP contribution is 2.49. The van der Waals surface area contributed by atoms with Crippen LogP contribution < -0.4 is 0 Å². The maximum absolute atomic E-state index is 9.29. The third kappa shape index (κ3) is 3.58. The first kappa shape index (κ1) is 23.9. The second-order valence-electron chi connectivity index (χ2n) is 10.8. The molecule has 42 heavy (non-hydrogen) atoms. The van der Waals surface area contributed by atoms with E-state index < -0.39 is 0 Å². The Hall–Kier alpha value is -5.90. The van der Waals surface area contributed by atoms with Crippen molar-refractivity contribution in [3.8, 4) is 40.1 Å². The zero-order valence-electron chi connectivity index (χ0n) is 22.6. The number of aromatic nitrogens is 1. The van der Waals surface area contributed by atoms with Crippen LogP contribution in [0.15, 0.2) is 133 Å². The van der Waals surface area contributed by atoms with Crippen LogP contribution in [0.25, 0.3) is 49.7 Å². The summed E-state index contributed by atoms with van der Waals surface area (Å²) >= 11 is 0. The van der Waals surface area contributed by atoms with Crippen molar-refractivity contribution >= 4 is 21.8 Å². The summed E-state index contributed by atoms with van der Waals surface area (Å²) in [5, 5.41) is 21.0. The van der Waals surface area contributed by atoms with E-state index in [1.54, 1.807) is 0 Å². The highest BCUT2D eigenvalue weighted by molar-refractivity contribution is 6.10. The normalized spacial score (nSPS) is 13.4. The summed E-state index contributed by atoms with van der Waals surface area (Å²) in [6.45, 7) is 0. The van der Waals surface area contributed by atoms with Crippen molar-refractivity contribution in [1.29, 1.82) is 10.5 Å². The zero-order chi connectivity index (χ0) is 28.2. The smallest absolute Gasteiger partial charge is 0.0991 e. The highest BCUT2D eigenvalue weighted by atomic mass is 15.0. The molecule has 7 aromatic rings. The number of hydrogen-bond acceptors (Lipinski definition) is 2. The molecular weight excluding hydrogens is 510 g/mol. The first-order valence-corrected chi connectivity index (χ1v) is 14.0. The third-order valence-electron chi connectivity index (χ3n) is 8.56. The van der Waals surface area contributed by atoms with Gasteiger partial charge in [-0.15, -0.1) is 0 Å². The van der Waals surface area contributed by atoms with Crippen molar-refractivity contribution in [3.63, 3.8) is 0 Å². The monoisotopic (exact) mass is 533 g/mol. The van der Waals surface area contributed by atoms with Gasteiger partial charge >= 0.3 is 0 Å². The quantitative estimate of drug-likeness (QED) is 0.227. The zero-order valence-corrected chi connectivity index (χ0v) is 22.6. The molecule has 1 heterocycles. The molecule has 3 heteroatoms. The molecule has 1 aromatic heterocycles. The van der Waals surface area contributed by atoms with Crippen LogP contribution >= 0.6 is 0 Å². The average molecular weight is 534 g/mol. The van der Waals surface area contributed by atoms with E-state index in [0.717, 1.165) is 16.7 Å². The molecule has 0 saturated carbocycles. The molecule has 1 aliphatic carbocycles. The van der Waals surface area contributed by atoms with Gasteiger partial charge in [0.15, 0.2) is 0 Å². The van der Waals surface area contributed by atoms with Crippen LogP contribution in [0.1, 0.15) is 33.7 Å². The number of para-hydroxylation sites is 1. The van der Waals surface area contributed by atoms with Crippen LogP contribution in [0.5, 0.6) is 0 Å². The van der Waals surface area contributed by atoms with Gasteiger partial charge in [0.05, 0.1) is 34.3 Å². The summed E-state index contributed by atoms with van der Waals surface area (Å²) in [5.74, 6) is 0.144. The van der Waals surface area contributed by atoms with E-state index in [4.69, 9.17) is 0 Å². The fourth-order valence-corrected chi connectivity index (χ4v) is 6.61. The molecule has 0 fully saturated rings. The fraction of sp³-hybridized carbons (Fsp3) is 0.0256. The molecule has 0 bridgehead atoms. The lowest BCUT2D eigenvalue weighted by molar-refractivity contribution is 1.01. The van der Waals surface area contributed by atoms with Crippen molar-refractivity contribution in [2.24, 2.45) is 0 Å². The van der Waals surface area contributed by atoms with Crippen molar-refractivity contribution in [1.82, 2.24) is 4.57 Å². The lowest BCUT2D eigenvalue weighted by Gasteiger charge is -2.15. The number of rotatable bonds is 3. The topological polar surface area (TPSA) is 52.5 Å². The van der Waals surface area contributed by atoms with Crippen molar-refractivity contribution < 1.29 is 0 Å². The molecule has 0 saturated heterocycles. The largest absolute Gasteiger partial charge is 0.309 e. The Balaban J connectivity index is 1.27. The van der Waals surface area contributed by atoms with Gasteiger partial charge in [-0.1, -0.05) is 72.8 Å². The lowest BCUT2D eigenvalue weighted by atomic mass is 9.88. The molecule has 0 aliphatic heterocycles. The van der Waals surface area contributed by atoms with Crippen LogP contribution in [0.4, 0.5) is 0 Å². The minimum atomic E-state index is 0.144. The van der Waals surface area contributed by atoms with E-state index in [-0.39, 0.29) is 5.92 Å². The standard InChI is InChI=1S/C39H23N3/c40-23-25-9-13-27(14-10-25)39-33-7-2-1-5-31(33)35-21-28(15-19-34(35)39)29-16-20-38-36(22-29)32-6-3-4-8-37(32)42(38)30-17-11-26(24-41)12-18-30/h1-22,39H/t39-/m0/s1. The predicted octanol–water partition coefficient (Wildman–Crippen LogP) is 9.35. The van der Waals surface area contributed by atoms with Crippen LogP contribution in [0.2, 0.25) is 0 Å². The van der Waals surface area contributed by atoms with Gasteiger partial charge in [0.25, 0.3) is 0 Å². The van der Waals surface area contributed by atoms with Gasteiger partial charge < -0.3 is 4.57 Å². The molecule has 0 N–H and O–H groups in total. The summed E-state index contributed by atoms with van der Waals surface area (Å²) in [6, 6.07) is 51.0. The number of nitrogens with zero attached hydrogens (tertiary/aromatic N) is 3. The Kier molecular flexibility index (Phi) is 5.33. The highest BCUT2D eigenvalue weighted by Gasteiger charge is 2.30. The van der Waals surface area contributed by atoms with E-state index >= 15 is 0 Å². The van der Waals surface area contributed by atoms with Crippen LogP contribution in [0, 0.1) is 22.7 Å². The summed E-state index contributed by atoms with van der Waals surface area (Å²) < 4.78 is 2.27. The number of nitriles is 2. The molecule has 3 nitrogen and oxygen atoms in total. The number of hydrogen-bond donors (Lipinski definition) is 0. The van der Waals surface area contributed by atoms with Crippen LogP contribution in [0.3, 0.4) is 0 Å². The first-order chi connectivity index (χ1) is 20.7. The van der Waals surface area contributed by atoms with Gasteiger partial charge in [-0.2, -0.15) is 10.5 Å². The molecule has 0 unspecified atom stereocenters. The predicted molar refractivity (Wildman–Crippen MR) is 168 cm³/mol. The Bertz CT molecular complexity index is 2260. The molecule has 0 spiro atoms. The summed E-state index contributed by atoms with van der Waals surface area (Å²) in [6.07, 6.45) is 0. The molecule has 0 amide bonds. The maximum atomic E-state index is 9.29. The minimum Gasteiger partial charge on any atom is -0.309 e. The van der Waals surface area contributed by atoms with Crippen molar-refractivity contribution in [3.05, 3.63) is 161 Å². The molecule has 6 aromatic carbocycles. The lowest BCUT2D eigenvalue weighted by Crippen LogP contribution is -1.99. The van der Waals surface area contributed by atoms with Crippen molar-refractivity contribution in [2.45, 2.75) is 5.92 Å². The molecule has 0 radical (unpaired) electrons. The molecule has 194 valence electrons. The molecule has 1 aliphatic rings. The average Bonchev–Trinajstić information content (AvgIpc) is 3.57. The first-order valence-electron chi connectivity index (χ1n) is 14.0. The van der Waals surface area contributed by atoms with Crippen molar-refractivity contribution in [2.75, 3.05) is 0 Å². The van der Waals surface area contributed by atoms with Gasteiger partial charge in [0.2, 0.25) is 0 Å². The molecular formula is C39H23N3. The van der Waals surface area contributed by atoms with E-state index in [0.29, 0.717) is 11.1 Å². The second-order valence-corrected chi connectivity index (χ2v) is 10.8. The van der Waals surface area contributed by atoms with Crippen LogP contribution in [-0.2, 0) is 0 Å². The van der Waals surface area contributed by atoms with Gasteiger partial charge in [-0.05, 0) is 99.6 Å². The minimum absolute atomic E-state index is 0.144. The number of fused-ring (bicyclic) bond motifs is 6. The van der Waals surface area contributed by atoms with Crippen LogP contribution in [-0.4, -0.2) is 4.57 Å². The summed E-state index contributed by atoms with van der Waals surface area (Å²) in [4.78, 5) is 0. The molecule has 8 rings (SSSR count). The van der Waals surface area contributed by atoms with E-state index in [2.05, 4.69) is 114 Å². The van der Waals surface area contributed by atoms with E-state index in [1.807, 2.05) is 36.4 Å². The SMILES string of the molecule is N#Cc1ccc([C@H]2c3ccccc3-c3cc(-c4ccc5c(c4)c4ccccc4n5-c4ccc(C#N)cc4)ccc32)cc1. The van der Waals surface area contributed by atoms with E-state index in [1.165, 1.54) is 49.7 Å². The Morgan fingerprint density at radius 3 is 1.90 bits per heavy atom. The second kappa shape index (κ2) is 9.34. The van der Waals surface area contributed by atoms with Gasteiger partial charge in [0.1, 0.15) is 0 Å². The fourth-order valence-electron chi connectivity index (χ4n) is 6.61. The third-order valence-corrected chi connectivity index (χ3v) is 8.56. The molecule has 1 atom stereocenters. The number of benzene rings is 6. The van der Waals surface area contributed by atoms with Gasteiger partial charge in [0, 0.05) is 22.4 Å². The Morgan fingerprint density at radius 1 is 0.500 bits per heavy atom. The van der Waals surface area contributed by atoms with Gasteiger partial charge in [-0.3, -0.25) is 0 Å². The maximum Gasteiger partial charge on any atom is 0.0991 e. The summed E-state index contributed by atoms with van der Waals surface area (Å²) in [5.41, 5.74) is 13.3. The Morgan fingerprint density at radius 2 is 1.12 bits per heavy atom. The van der Waals surface area contributed by atoms with E-state index in [9.17, 15) is 10.5 Å². The summed E-state index contributed by atoms with van der Waals surface area (Å²) in [7, 11) is 0. The Labute approximate surface area is 243 Å². The van der Waals surface area contributed by atoms with Gasteiger partial charge in [-0.25, -0.2) is 0 Å².